The molecule has 2 N–H and O–H groups in total. The molecule has 0 bridgehead atoms. The minimum Gasteiger partial charge on any atom is -0.503 e. The van der Waals surface area contributed by atoms with Crippen LogP contribution in [0.25, 0.3) is 26.6 Å². The van der Waals surface area contributed by atoms with E-state index in [0.717, 1.165) is 4.70 Å². The van der Waals surface area contributed by atoms with Crippen molar-refractivity contribution in [1.29, 1.82) is 0 Å². The van der Waals surface area contributed by atoms with Crippen molar-refractivity contribution in [3.05, 3.63) is 58.9 Å². The van der Waals surface area contributed by atoms with E-state index >= 15 is 0 Å². The second kappa shape index (κ2) is 6.37. The van der Waals surface area contributed by atoms with E-state index in [0.29, 0.717) is 10.5 Å². The molecule has 0 aliphatic carbocycles. The van der Waals surface area contributed by atoms with Gasteiger partial charge in [-0.25, -0.2) is 9.37 Å². The molecule has 0 atom stereocenters. The first-order valence-electron chi connectivity index (χ1n) is 7.87. The summed E-state index contributed by atoms with van der Waals surface area (Å²) in [6.07, 6.45) is 0. The Morgan fingerprint density at radius 1 is 1.22 bits per heavy atom. The highest BCUT2D eigenvalue weighted by Crippen LogP contribution is 2.45. The summed E-state index contributed by atoms with van der Waals surface area (Å²) in [5.74, 6) is -2.30. The van der Waals surface area contributed by atoms with Crippen LogP contribution in [0.15, 0.2) is 42.5 Å². The molecular weight excluding hydrogens is 391 g/mol. The van der Waals surface area contributed by atoms with Gasteiger partial charge in [0.15, 0.2) is 16.7 Å². The maximum absolute atomic E-state index is 14.5. The molecule has 0 aliphatic rings. The highest BCUT2D eigenvalue weighted by molar-refractivity contribution is 7.20. The number of thiazole rings is 1. The lowest BCUT2D eigenvalue weighted by Crippen LogP contribution is -2.01. The average molecular weight is 403 g/mol. The Morgan fingerprint density at radius 2 is 1.96 bits per heavy atom. The SMILES string of the molecule is CC(=O)c1c(O)c(O)n(-c2nc3ccc(Cl)cc3s2)c1-c1ccccc1F. The van der Waals surface area contributed by atoms with Crippen LogP contribution in [0.4, 0.5) is 4.39 Å². The van der Waals surface area contributed by atoms with Crippen molar-refractivity contribution in [2.75, 3.05) is 0 Å². The number of Topliss-reactive ketones (excluding diaryl/α,β-unsaturated/α-hetero) is 1. The van der Waals surface area contributed by atoms with Gasteiger partial charge in [-0.15, -0.1) is 0 Å². The zero-order valence-electron chi connectivity index (χ0n) is 13.9. The largest absolute Gasteiger partial charge is 0.503 e. The average Bonchev–Trinajstić information content (AvgIpc) is 3.14. The molecule has 0 fully saturated rings. The monoisotopic (exact) mass is 402 g/mol. The molecular formula is C19H12ClFN2O3S. The van der Waals surface area contributed by atoms with Gasteiger partial charge in [-0.3, -0.25) is 9.36 Å². The van der Waals surface area contributed by atoms with E-state index in [4.69, 9.17) is 11.6 Å². The van der Waals surface area contributed by atoms with Crippen molar-refractivity contribution in [2.45, 2.75) is 6.92 Å². The standard InChI is InChI=1S/C19H12ClFN2O3S/c1-9(24)15-16(11-4-2-3-5-12(11)21)23(18(26)17(15)25)19-22-13-7-6-10(20)8-14(13)27-19/h2-8,25-26H,1H3. The van der Waals surface area contributed by atoms with E-state index in [1.807, 2.05) is 0 Å². The molecule has 136 valence electrons. The Labute approximate surface area is 161 Å². The van der Waals surface area contributed by atoms with Crippen LogP contribution in [0.1, 0.15) is 17.3 Å². The number of benzene rings is 2. The fraction of sp³-hybridized carbons (Fsp3) is 0.0526. The summed E-state index contributed by atoms with van der Waals surface area (Å²) in [7, 11) is 0. The van der Waals surface area contributed by atoms with Crippen molar-refractivity contribution < 1.29 is 19.4 Å². The number of nitrogens with zero attached hydrogens (tertiary/aromatic N) is 2. The van der Waals surface area contributed by atoms with Gasteiger partial charge in [0.2, 0.25) is 5.88 Å². The summed E-state index contributed by atoms with van der Waals surface area (Å²) in [6.45, 7) is 1.24. The summed E-state index contributed by atoms with van der Waals surface area (Å²) in [5, 5.41) is 21.6. The lowest BCUT2D eigenvalue weighted by Gasteiger charge is -2.09. The van der Waals surface area contributed by atoms with Crippen LogP contribution in [0.3, 0.4) is 0 Å². The first-order chi connectivity index (χ1) is 12.9. The summed E-state index contributed by atoms with van der Waals surface area (Å²) < 4.78 is 16.4. The van der Waals surface area contributed by atoms with E-state index in [-0.39, 0.29) is 22.0 Å². The number of aromatic nitrogens is 2. The number of hydrogen-bond acceptors (Lipinski definition) is 5. The lowest BCUT2D eigenvalue weighted by molar-refractivity contribution is 0.101. The zero-order valence-corrected chi connectivity index (χ0v) is 15.5. The first kappa shape index (κ1) is 17.5. The predicted molar refractivity (Wildman–Crippen MR) is 103 cm³/mol. The molecule has 8 heteroatoms. The van der Waals surface area contributed by atoms with Gasteiger partial charge in [0.25, 0.3) is 0 Å². The van der Waals surface area contributed by atoms with Gasteiger partial charge in [-0.2, -0.15) is 0 Å². The fourth-order valence-electron chi connectivity index (χ4n) is 2.96. The molecule has 0 saturated carbocycles. The quantitative estimate of drug-likeness (QED) is 0.464. The Bertz CT molecular complexity index is 1220. The number of carbonyl (C=O) groups excluding carboxylic acids is 1. The van der Waals surface area contributed by atoms with Gasteiger partial charge in [0, 0.05) is 10.6 Å². The van der Waals surface area contributed by atoms with Crippen LogP contribution >= 0.6 is 22.9 Å². The molecule has 4 aromatic rings. The van der Waals surface area contributed by atoms with Crippen LogP contribution in [0, 0.1) is 5.82 Å². The number of hydrogen-bond donors (Lipinski definition) is 2. The van der Waals surface area contributed by atoms with Crippen LogP contribution in [-0.4, -0.2) is 25.5 Å². The van der Waals surface area contributed by atoms with Gasteiger partial charge in [-0.05, 0) is 37.3 Å². The summed E-state index contributed by atoms with van der Waals surface area (Å²) in [5.41, 5.74) is 0.557. The predicted octanol–water partition coefficient (Wildman–Crippen LogP) is 5.16. The molecule has 27 heavy (non-hydrogen) atoms. The molecule has 0 saturated heterocycles. The second-order valence-corrected chi connectivity index (χ2v) is 7.32. The summed E-state index contributed by atoms with van der Waals surface area (Å²) in [6, 6.07) is 10.9. The third-order valence-electron chi connectivity index (χ3n) is 4.13. The molecule has 4 rings (SSSR count). The molecule has 0 spiro atoms. The Kier molecular flexibility index (Phi) is 4.13. The minimum atomic E-state index is -0.613. The third-order valence-corrected chi connectivity index (χ3v) is 5.37. The van der Waals surface area contributed by atoms with E-state index < -0.39 is 23.2 Å². The summed E-state index contributed by atoms with van der Waals surface area (Å²) >= 11 is 7.20. The van der Waals surface area contributed by atoms with E-state index in [2.05, 4.69) is 4.98 Å². The maximum Gasteiger partial charge on any atom is 0.242 e. The number of fused-ring (bicyclic) bond motifs is 1. The number of aromatic hydroxyl groups is 2. The van der Waals surface area contributed by atoms with Gasteiger partial charge in [0.1, 0.15) is 5.82 Å². The highest BCUT2D eigenvalue weighted by atomic mass is 35.5. The van der Waals surface area contributed by atoms with E-state index in [1.54, 1.807) is 24.3 Å². The minimum absolute atomic E-state index is 0.0424. The fourth-order valence-corrected chi connectivity index (χ4v) is 4.21. The van der Waals surface area contributed by atoms with Gasteiger partial charge in [0.05, 0.1) is 21.5 Å². The lowest BCUT2D eigenvalue weighted by atomic mass is 10.0. The third kappa shape index (κ3) is 2.75. The van der Waals surface area contributed by atoms with Crippen LogP contribution in [-0.2, 0) is 0 Å². The van der Waals surface area contributed by atoms with Crippen molar-refractivity contribution >= 4 is 38.9 Å². The van der Waals surface area contributed by atoms with Gasteiger partial charge < -0.3 is 10.2 Å². The van der Waals surface area contributed by atoms with Crippen molar-refractivity contribution in [2.24, 2.45) is 0 Å². The van der Waals surface area contributed by atoms with Crippen LogP contribution < -0.4 is 0 Å². The molecule has 2 aromatic carbocycles. The van der Waals surface area contributed by atoms with Crippen molar-refractivity contribution in [3.63, 3.8) is 0 Å². The van der Waals surface area contributed by atoms with Gasteiger partial charge >= 0.3 is 0 Å². The molecule has 0 amide bonds. The zero-order chi connectivity index (χ0) is 19.3. The highest BCUT2D eigenvalue weighted by Gasteiger charge is 2.29. The number of rotatable bonds is 3. The van der Waals surface area contributed by atoms with Crippen molar-refractivity contribution in [3.8, 4) is 28.0 Å². The first-order valence-corrected chi connectivity index (χ1v) is 9.07. The van der Waals surface area contributed by atoms with Crippen molar-refractivity contribution in [1.82, 2.24) is 9.55 Å². The molecule has 2 aromatic heterocycles. The summed E-state index contributed by atoms with van der Waals surface area (Å²) in [4.78, 5) is 16.6. The van der Waals surface area contributed by atoms with Crippen LogP contribution in [0.5, 0.6) is 11.6 Å². The van der Waals surface area contributed by atoms with Crippen LogP contribution in [0.2, 0.25) is 5.02 Å². The Hall–Kier alpha value is -2.90. The molecule has 0 aliphatic heterocycles. The molecule has 2 heterocycles. The number of halogens is 2. The molecule has 0 unspecified atom stereocenters. The van der Waals surface area contributed by atoms with E-state index in [9.17, 15) is 19.4 Å². The normalized spacial score (nSPS) is 11.2. The molecule has 0 radical (unpaired) electrons. The van der Waals surface area contributed by atoms with Gasteiger partial charge in [-0.1, -0.05) is 35.1 Å². The number of ketones is 1. The molecule has 5 nitrogen and oxygen atoms in total. The number of carbonyl (C=O) groups is 1. The van der Waals surface area contributed by atoms with E-state index in [1.165, 1.54) is 41.0 Å². The second-order valence-electron chi connectivity index (χ2n) is 5.88. The topological polar surface area (TPSA) is 75.3 Å². The maximum atomic E-state index is 14.5. The Morgan fingerprint density at radius 3 is 2.67 bits per heavy atom. The smallest absolute Gasteiger partial charge is 0.242 e. The Balaban J connectivity index is 2.09.